The molecule has 1 N–H and O–H groups in total. The molecule has 0 amide bonds. The van der Waals surface area contributed by atoms with Crippen molar-refractivity contribution in [3.05, 3.63) is 22.7 Å². The maximum absolute atomic E-state index is 6.49. The fraction of sp³-hybridized carbons (Fsp3) is 0.739. The zero-order valence-electron chi connectivity index (χ0n) is 17.0. The fourth-order valence-electron chi connectivity index (χ4n) is 6.47. The lowest BCUT2D eigenvalue weighted by Crippen LogP contribution is -2.54. The third kappa shape index (κ3) is 3.82. The molecule has 1 aromatic carbocycles. The highest BCUT2D eigenvalue weighted by Crippen LogP contribution is 2.61. The minimum atomic E-state index is 0.520. The van der Waals surface area contributed by atoms with Gasteiger partial charge in [-0.3, -0.25) is 0 Å². The van der Waals surface area contributed by atoms with Crippen molar-refractivity contribution in [1.29, 1.82) is 0 Å². The number of nitrogens with one attached hydrogen (secondary N) is 1. The lowest BCUT2D eigenvalue weighted by Gasteiger charge is -2.59. The lowest BCUT2D eigenvalue weighted by molar-refractivity contribution is -0.0706. The summed E-state index contributed by atoms with van der Waals surface area (Å²) in [5, 5.41) is 4.49. The second kappa shape index (κ2) is 7.83. The molecule has 5 rings (SSSR count). The fourth-order valence-corrected chi connectivity index (χ4v) is 6.75. The minimum Gasteiger partial charge on any atom is -0.490 e. The Labute approximate surface area is 169 Å². The molecule has 4 fully saturated rings. The van der Waals surface area contributed by atoms with E-state index in [1.54, 1.807) is 0 Å². The number of rotatable bonds is 8. The summed E-state index contributed by atoms with van der Waals surface area (Å²) in [5.41, 5.74) is 1.69. The van der Waals surface area contributed by atoms with Gasteiger partial charge in [0.2, 0.25) is 0 Å². The van der Waals surface area contributed by atoms with Gasteiger partial charge in [-0.2, -0.15) is 0 Å². The molecule has 0 aromatic heterocycles. The van der Waals surface area contributed by atoms with Gasteiger partial charge in [0.15, 0.2) is 11.5 Å². The number of hydrogen-bond donors (Lipinski definition) is 1. The first kappa shape index (κ1) is 19.4. The van der Waals surface area contributed by atoms with Gasteiger partial charge >= 0.3 is 0 Å². The SMILES string of the molecule is CCOc1cc(CN[C@@H](C)C23CC4CC(CC(C4)C2)C3)cc(Cl)c1OCC. The maximum Gasteiger partial charge on any atom is 0.179 e. The molecule has 4 bridgehead atoms. The van der Waals surface area contributed by atoms with Crippen LogP contribution in [0, 0.1) is 23.2 Å². The first-order valence-electron chi connectivity index (χ1n) is 10.8. The first-order chi connectivity index (χ1) is 13.0. The molecule has 4 aliphatic carbocycles. The van der Waals surface area contributed by atoms with Crippen LogP contribution in [0.5, 0.6) is 11.5 Å². The topological polar surface area (TPSA) is 30.5 Å². The Hall–Kier alpha value is -0.930. The molecule has 4 heteroatoms. The van der Waals surface area contributed by atoms with Crippen LogP contribution < -0.4 is 14.8 Å². The Kier molecular flexibility index (Phi) is 5.62. The number of ether oxygens (including phenoxy) is 2. The molecule has 0 spiro atoms. The van der Waals surface area contributed by atoms with E-state index in [0.717, 1.165) is 30.0 Å². The van der Waals surface area contributed by atoms with Gasteiger partial charge in [-0.1, -0.05) is 11.6 Å². The zero-order chi connectivity index (χ0) is 19.0. The van der Waals surface area contributed by atoms with E-state index in [9.17, 15) is 0 Å². The van der Waals surface area contributed by atoms with Crippen molar-refractivity contribution in [2.75, 3.05) is 13.2 Å². The van der Waals surface area contributed by atoms with Gasteiger partial charge in [-0.25, -0.2) is 0 Å². The van der Waals surface area contributed by atoms with Crippen molar-refractivity contribution >= 4 is 11.6 Å². The van der Waals surface area contributed by atoms with Gasteiger partial charge in [-0.15, -0.1) is 0 Å². The highest BCUT2D eigenvalue weighted by Gasteiger charge is 2.52. The van der Waals surface area contributed by atoms with Crippen molar-refractivity contribution in [2.24, 2.45) is 23.2 Å². The average Bonchev–Trinajstić information content (AvgIpc) is 2.61. The minimum absolute atomic E-state index is 0.520. The molecule has 0 radical (unpaired) electrons. The maximum atomic E-state index is 6.49. The van der Waals surface area contributed by atoms with Gasteiger partial charge in [0.25, 0.3) is 0 Å². The smallest absolute Gasteiger partial charge is 0.179 e. The van der Waals surface area contributed by atoms with Crippen LogP contribution in [0.15, 0.2) is 12.1 Å². The van der Waals surface area contributed by atoms with Gasteiger partial charge in [0.1, 0.15) is 0 Å². The number of halogens is 1. The van der Waals surface area contributed by atoms with E-state index < -0.39 is 0 Å². The second-order valence-corrected chi connectivity index (χ2v) is 9.56. The van der Waals surface area contributed by atoms with Crippen molar-refractivity contribution in [3.8, 4) is 11.5 Å². The number of hydrogen-bond acceptors (Lipinski definition) is 3. The molecular weight excluding hydrogens is 358 g/mol. The largest absolute Gasteiger partial charge is 0.490 e. The molecule has 1 aromatic rings. The van der Waals surface area contributed by atoms with Crippen LogP contribution in [-0.4, -0.2) is 19.3 Å². The van der Waals surface area contributed by atoms with E-state index in [-0.39, 0.29) is 0 Å². The van der Waals surface area contributed by atoms with E-state index in [1.165, 1.54) is 44.1 Å². The normalized spacial score (nSPS) is 32.5. The highest BCUT2D eigenvalue weighted by molar-refractivity contribution is 6.32. The summed E-state index contributed by atoms with van der Waals surface area (Å²) < 4.78 is 11.5. The Bertz CT molecular complexity index is 639. The van der Waals surface area contributed by atoms with Gasteiger partial charge < -0.3 is 14.8 Å². The summed E-state index contributed by atoms with van der Waals surface area (Å²) in [6.07, 6.45) is 8.79. The monoisotopic (exact) mass is 391 g/mol. The van der Waals surface area contributed by atoms with Crippen LogP contribution in [0.25, 0.3) is 0 Å². The predicted molar refractivity (Wildman–Crippen MR) is 111 cm³/mol. The Morgan fingerprint density at radius 2 is 1.63 bits per heavy atom. The van der Waals surface area contributed by atoms with E-state index in [4.69, 9.17) is 21.1 Å². The third-order valence-corrected chi connectivity index (χ3v) is 7.56. The molecule has 1 atom stereocenters. The van der Waals surface area contributed by atoms with Crippen LogP contribution in [0.1, 0.15) is 64.9 Å². The van der Waals surface area contributed by atoms with E-state index in [1.807, 2.05) is 19.9 Å². The van der Waals surface area contributed by atoms with Crippen molar-refractivity contribution in [1.82, 2.24) is 5.32 Å². The third-order valence-electron chi connectivity index (χ3n) is 7.27. The summed E-state index contributed by atoms with van der Waals surface area (Å²) in [6.45, 7) is 8.39. The van der Waals surface area contributed by atoms with E-state index in [0.29, 0.717) is 35.4 Å². The summed E-state index contributed by atoms with van der Waals surface area (Å²) in [7, 11) is 0. The van der Waals surface area contributed by atoms with Crippen molar-refractivity contribution < 1.29 is 9.47 Å². The quantitative estimate of drug-likeness (QED) is 0.604. The molecule has 4 aliphatic rings. The van der Waals surface area contributed by atoms with Crippen molar-refractivity contribution in [2.45, 2.75) is 71.9 Å². The lowest BCUT2D eigenvalue weighted by atomic mass is 9.48. The van der Waals surface area contributed by atoms with Gasteiger partial charge in [-0.05, 0) is 100 Å². The molecule has 0 aliphatic heterocycles. The molecule has 4 saturated carbocycles. The first-order valence-corrected chi connectivity index (χ1v) is 11.2. The van der Waals surface area contributed by atoms with Crippen LogP contribution in [0.2, 0.25) is 5.02 Å². The van der Waals surface area contributed by atoms with E-state index in [2.05, 4.69) is 18.3 Å². The zero-order valence-corrected chi connectivity index (χ0v) is 17.8. The van der Waals surface area contributed by atoms with Crippen LogP contribution in [0.4, 0.5) is 0 Å². The molecular formula is C23H34ClNO2. The van der Waals surface area contributed by atoms with Crippen molar-refractivity contribution in [3.63, 3.8) is 0 Å². The summed E-state index contributed by atoms with van der Waals surface area (Å²) >= 11 is 6.49. The molecule has 0 saturated heterocycles. The Morgan fingerprint density at radius 3 is 2.19 bits per heavy atom. The molecule has 27 heavy (non-hydrogen) atoms. The highest BCUT2D eigenvalue weighted by atomic mass is 35.5. The standard InChI is InChI=1S/C23H34ClNO2/c1-4-26-21-10-19(9-20(24)22(21)27-5-2)14-25-15(3)23-11-16-6-17(12-23)8-18(7-16)13-23/h9-10,15-18,25H,4-8,11-14H2,1-3H3/t15-,16?,17?,18?,23?/m0/s1. The molecule has 150 valence electrons. The summed E-state index contributed by atoms with van der Waals surface area (Å²) in [6, 6.07) is 4.65. The molecule has 0 heterocycles. The summed E-state index contributed by atoms with van der Waals surface area (Å²) in [5.74, 6) is 4.39. The molecule has 3 nitrogen and oxygen atoms in total. The Morgan fingerprint density at radius 1 is 1.04 bits per heavy atom. The van der Waals surface area contributed by atoms with Crippen LogP contribution in [-0.2, 0) is 6.54 Å². The van der Waals surface area contributed by atoms with Gasteiger partial charge in [0, 0.05) is 12.6 Å². The second-order valence-electron chi connectivity index (χ2n) is 9.15. The van der Waals surface area contributed by atoms with Crippen LogP contribution >= 0.6 is 11.6 Å². The summed E-state index contributed by atoms with van der Waals surface area (Å²) in [4.78, 5) is 0. The number of benzene rings is 1. The predicted octanol–water partition coefficient (Wildman–Crippen LogP) is 5.83. The average molecular weight is 392 g/mol. The van der Waals surface area contributed by atoms with Gasteiger partial charge in [0.05, 0.1) is 18.2 Å². The van der Waals surface area contributed by atoms with Crippen LogP contribution in [0.3, 0.4) is 0 Å². The Balaban J connectivity index is 1.45. The molecule has 0 unspecified atom stereocenters. The van der Waals surface area contributed by atoms with E-state index >= 15 is 0 Å².